The molecule has 26 heavy (non-hydrogen) atoms. The van der Waals surface area contributed by atoms with E-state index < -0.39 is 0 Å². The van der Waals surface area contributed by atoms with Crippen LogP contribution < -0.4 is 0 Å². The van der Waals surface area contributed by atoms with Crippen molar-refractivity contribution in [3.63, 3.8) is 0 Å². The van der Waals surface area contributed by atoms with Crippen molar-refractivity contribution in [1.29, 1.82) is 0 Å². The van der Waals surface area contributed by atoms with Gasteiger partial charge in [-0.3, -0.25) is 0 Å². The molecule has 4 rings (SSSR count). The van der Waals surface area contributed by atoms with Crippen molar-refractivity contribution in [2.45, 2.75) is 38.0 Å². The van der Waals surface area contributed by atoms with Gasteiger partial charge >= 0.3 is 0 Å². The number of aryl methyl sites for hydroxylation is 1. The van der Waals surface area contributed by atoms with Crippen LogP contribution >= 0.6 is 15.9 Å². The second-order valence-corrected chi connectivity index (χ2v) is 8.40. The van der Waals surface area contributed by atoms with Crippen molar-refractivity contribution in [3.05, 3.63) is 70.3 Å². The maximum Gasteiger partial charge on any atom is 0.0456 e. The molecule has 0 spiro atoms. The predicted octanol–water partition coefficient (Wildman–Crippen LogP) is 6.13. The monoisotopic (exact) mass is 410 g/mol. The Morgan fingerprint density at radius 3 is 2.54 bits per heavy atom. The predicted molar refractivity (Wildman–Crippen MR) is 114 cm³/mol. The number of unbranched alkanes of at least 4 members (excludes halogenated alkanes) is 1. The van der Waals surface area contributed by atoms with E-state index in [1.165, 1.54) is 78.2 Å². The molecule has 2 aromatic carbocycles. The summed E-state index contributed by atoms with van der Waals surface area (Å²) < 4.78 is 1.17. The number of benzene rings is 2. The molecule has 0 aliphatic carbocycles. The molecule has 3 heteroatoms. The van der Waals surface area contributed by atoms with Crippen LogP contribution in [0.4, 0.5) is 0 Å². The topological polar surface area (TPSA) is 19.0 Å². The number of halogens is 1. The average Bonchev–Trinajstić information content (AvgIpc) is 3.10. The summed E-state index contributed by atoms with van der Waals surface area (Å²) in [6.07, 6.45) is 8.53. The van der Waals surface area contributed by atoms with Gasteiger partial charge in [-0.2, -0.15) is 0 Å². The molecule has 1 aliphatic rings. The van der Waals surface area contributed by atoms with Crippen molar-refractivity contribution >= 4 is 26.8 Å². The minimum atomic E-state index is 0.741. The number of rotatable bonds is 6. The number of aromatic nitrogens is 1. The van der Waals surface area contributed by atoms with Gasteiger partial charge in [-0.15, -0.1) is 0 Å². The first-order valence-corrected chi connectivity index (χ1v) is 10.6. The smallest absolute Gasteiger partial charge is 0.0456 e. The van der Waals surface area contributed by atoms with Crippen LogP contribution in [0.15, 0.2) is 59.2 Å². The molecule has 1 N–H and O–H groups in total. The molecule has 0 atom stereocenters. The van der Waals surface area contributed by atoms with Gasteiger partial charge in [-0.25, -0.2) is 0 Å². The van der Waals surface area contributed by atoms with Gasteiger partial charge < -0.3 is 9.88 Å². The number of aromatic amines is 1. The highest BCUT2D eigenvalue weighted by atomic mass is 79.9. The lowest BCUT2D eigenvalue weighted by molar-refractivity contribution is 0.209. The van der Waals surface area contributed by atoms with Gasteiger partial charge in [-0.05, 0) is 87.0 Å². The van der Waals surface area contributed by atoms with Crippen molar-refractivity contribution in [3.8, 4) is 0 Å². The van der Waals surface area contributed by atoms with E-state index in [1.54, 1.807) is 0 Å². The molecular weight excluding hydrogens is 384 g/mol. The van der Waals surface area contributed by atoms with E-state index in [2.05, 4.69) is 80.5 Å². The van der Waals surface area contributed by atoms with E-state index in [0.717, 1.165) is 5.92 Å². The number of nitrogens with zero attached hydrogens (tertiary/aromatic N) is 1. The Hall–Kier alpha value is -1.58. The second kappa shape index (κ2) is 8.41. The molecule has 0 bridgehead atoms. The van der Waals surface area contributed by atoms with Crippen molar-refractivity contribution in [2.24, 2.45) is 0 Å². The van der Waals surface area contributed by atoms with Crippen LogP contribution in [0.25, 0.3) is 10.9 Å². The minimum Gasteiger partial charge on any atom is -0.361 e. The third kappa shape index (κ3) is 4.21. The lowest BCUT2D eigenvalue weighted by atomic mass is 9.89. The summed E-state index contributed by atoms with van der Waals surface area (Å²) in [7, 11) is 0. The van der Waals surface area contributed by atoms with E-state index in [9.17, 15) is 0 Å². The van der Waals surface area contributed by atoms with Gasteiger partial charge in [0.1, 0.15) is 0 Å². The molecule has 136 valence electrons. The zero-order valence-electron chi connectivity index (χ0n) is 15.3. The van der Waals surface area contributed by atoms with E-state index in [1.807, 2.05) is 0 Å². The van der Waals surface area contributed by atoms with E-state index in [4.69, 9.17) is 0 Å². The molecule has 1 saturated heterocycles. The highest BCUT2D eigenvalue weighted by Gasteiger charge is 2.20. The third-order valence-electron chi connectivity index (χ3n) is 5.77. The normalized spacial score (nSPS) is 16.3. The van der Waals surface area contributed by atoms with Crippen LogP contribution in [-0.2, 0) is 6.42 Å². The summed E-state index contributed by atoms with van der Waals surface area (Å²) >= 11 is 3.53. The van der Waals surface area contributed by atoms with Crippen LogP contribution in [-0.4, -0.2) is 29.5 Å². The zero-order chi connectivity index (χ0) is 17.8. The Labute approximate surface area is 164 Å². The average molecular weight is 411 g/mol. The second-order valence-electron chi connectivity index (χ2n) is 7.48. The summed E-state index contributed by atoms with van der Waals surface area (Å²) in [6, 6.07) is 17.5. The molecule has 0 radical (unpaired) electrons. The number of H-pyrrole nitrogens is 1. The minimum absolute atomic E-state index is 0.741. The van der Waals surface area contributed by atoms with Gasteiger partial charge in [0.05, 0.1) is 0 Å². The molecule has 1 aliphatic heterocycles. The molecular formula is C23H27BrN2. The van der Waals surface area contributed by atoms with Crippen molar-refractivity contribution in [1.82, 2.24) is 9.88 Å². The first-order chi connectivity index (χ1) is 12.8. The number of fused-ring (bicyclic) bond motifs is 1. The number of hydrogen-bond acceptors (Lipinski definition) is 1. The number of nitrogens with one attached hydrogen (secondary N) is 1. The Morgan fingerprint density at radius 2 is 1.73 bits per heavy atom. The van der Waals surface area contributed by atoms with Gasteiger partial charge in [0.25, 0.3) is 0 Å². The molecule has 0 saturated carbocycles. The maximum absolute atomic E-state index is 3.53. The fourth-order valence-electron chi connectivity index (χ4n) is 4.21. The van der Waals surface area contributed by atoms with Crippen LogP contribution in [0.2, 0.25) is 0 Å². The number of hydrogen-bond donors (Lipinski definition) is 1. The third-order valence-corrected chi connectivity index (χ3v) is 6.30. The molecule has 2 heterocycles. The van der Waals surface area contributed by atoms with E-state index in [-0.39, 0.29) is 0 Å². The highest BCUT2D eigenvalue weighted by molar-refractivity contribution is 9.10. The Kier molecular flexibility index (Phi) is 5.76. The highest BCUT2D eigenvalue weighted by Crippen LogP contribution is 2.29. The zero-order valence-corrected chi connectivity index (χ0v) is 16.8. The first kappa shape index (κ1) is 17.8. The summed E-state index contributed by atoms with van der Waals surface area (Å²) in [5.74, 6) is 0.741. The number of para-hydroxylation sites is 1. The summed E-state index contributed by atoms with van der Waals surface area (Å²) in [6.45, 7) is 3.73. The lowest BCUT2D eigenvalue weighted by Gasteiger charge is -2.32. The summed E-state index contributed by atoms with van der Waals surface area (Å²) in [5, 5.41) is 1.39. The Balaban J connectivity index is 1.20. The maximum atomic E-state index is 3.53. The molecule has 1 fully saturated rings. The van der Waals surface area contributed by atoms with Crippen molar-refractivity contribution in [2.75, 3.05) is 19.6 Å². The van der Waals surface area contributed by atoms with Gasteiger partial charge in [-0.1, -0.05) is 46.3 Å². The first-order valence-electron chi connectivity index (χ1n) is 9.82. The van der Waals surface area contributed by atoms with Gasteiger partial charge in [0.15, 0.2) is 0 Å². The molecule has 3 aromatic rings. The van der Waals surface area contributed by atoms with Crippen LogP contribution in [0.1, 0.15) is 42.7 Å². The van der Waals surface area contributed by atoms with E-state index >= 15 is 0 Å². The summed E-state index contributed by atoms with van der Waals surface area (Å²) in [5.41, 5.74) is 4.24. The number of piperidine rings is 1. The van der Waals surface area contributed by atoms with Crippen LogP contribution in [0, 0.1) is 0 Å². The Bertz CT molecular complexity index is 829. The quantitative estimate of drug-likeness (QED) is 0.483. The lowest BCUT2D eigenvalue weighted by Crippen LogP contribution is -2.33. The SMILES string of the molecule is Brc1ccc(C2CCN(CCCCc3c[nH]c4ccccc34)CC2)cc1. The molecule has 0 unspecified atom stereocenters. The number of likely N-dealkylation sites (tertiary alicyclic amines) is 1. The van der Waals surface area contributed by atoms with Gasteiger partial charge in [0, 0.05) is 21.6 Å². The van der Waals surface area contributed by atoms with Crippen molar-refractivity contribution < 1.29 is 0 Å². The Morgan fingerprint density at radius 1 is 0.962 bits per heavy atom. The fourth-order valence-corrected chi connectivity index (χ4v) is 4.48. The standard InChI is InChI=1S/C23H27BrN2/c24-21-10-8-18(9-11-21)19-12-15-26(16-13-19)14-4-3-5-20-17-25-23-7-2-1-6-22(20)23/h1-2,6-11,17,19,25H,3-5,12-16H2. The van der Waals surface area contributed by atoms with E-state index in [0.29, 0.717) is 0 Å². The van der Waals surface area contributed by atoms with Crippen LogP contribution in [0.3, 0.4) is 0 Å². The fraction of sp³-hybridized carbons (Fsp3) is 0.391. The summed E-state index contributed by atoms with van der Waals surface area (Å²) in [4.78, 5) is 6.05. The molecule has 0 amide bonds. The molecule has 2 nitrogen and oxygen atoms in total. The van der Waals surface area contributed by atoms with Crippen LogP contribution in [0.5, 0.6) is 0 Å². The molecule has 1 aromatic heterocycles. The largest absolute Gasteiger partial charge is 0.361 e. The van der Waals surface area contributed by atoms with Gasteiger partial charge in [0.2, 0.25) is 0 Å².